The number of likely N-dealkylation sites (N-methyl/N-ethyl adjacent to an activating group) is 1. The molecule has 36 heavy (non-hydrogen) atoms. The Kier molecular flexibility index (Phi) is 9.40. The molecule has 2 rings (SSSR count). The Balaban J connectivity index is 2.12. The highest BCUT2D eigenvalue weighted by Gasteiger charge is 2.35. The topological polar surface area (TPSA) is 138 Å². The molecule has 198 valence electrons. The third kappa shape index (κ3) is 7.67. The number of amides is 4. The lowest BCUT2D eigenvalue weighted by atomic mass is 10.0. The number of urea groups is 1. The van der Waals surface area contributed by atoms with E-state index < -0.39 is 42.0 Å². The third-order valence-corrected chi connectivity index (χ3v) is 5.28. The van der Waals surface area contributed by atoms with Gasteiger partial charge in [-0.05, 0) is 63.8 Å². The number of nitrogens with zero attached hydrogens (tertiary/aromatic N) is 2. The van der Waals surface area contributed by atoms with Crippen LogP contribution in [0.5, 0.6) is 0 Å². The van der Waals surface area contributed by atoms with E-state index in [4.69, 9.17) is 14.7 Å². The van der Waals surface area contributed by atoms with E-state index in [-0.39, 0.29) is 18.7 Å². The maximum Gasteiger partial charge on any atom is 0.407 e. The highest BCUT2D eigenvalue weighted by atomic mass is 19.1. The minimum Gasteiger partial charge on any atom is -0.477 e. The van der Waals surface area contributed by atoms with E-state index in [1.165, 1.54) is 11.9 Å². The molecular formula is C24H33FN4O7. The van der Waals surface area contributed by atoms with E-state index in [1.807, 2.05) is 0 Å². The number of carbonyl (C=O) groups excluding carboxylic acids is 3. The molecule has 0 saturated carbocycles. The van der Waals surface area contributed by atoms with Crippen molar-refractivity contribution in [1.82, 2.24) is 15.7 Å². The van der Waals surface area contributed by atoms with Gasteiger partial charge in [0, 0.05) is 19.3 Å². The number of alkyl halides is 1. The van der Waals surface area contributed by atoms with Gasteiger partial charge in [0.25, 0.3) is 5.91 Å². The van der Waals surface area contributed by atoms with Crippen LogP contribution in [0.15, 0.2) is 35.5 Å². The van der Waals surface area contributed by atoms with Crippen LogP contribution in [0.1, 0.15) is 53.0 Å². The molecule has 4 amide bonds. The van der Waals surface area contributed by atoms with Gasteiger partial charge in [-0.25, -0.2) is 23.6 Å². The number of carboxylic acid groups (broad SMARTS) is 1. The van der Waals surface area contributed by atoms with Crippen molar-refractivity contribution in [3.05, 3.63) is 41.1 Å². The molecular weight excluding hydrogens is 475 g/mol. The zero-order valence-electron chi connectivity index (χ0n) is 21.3. The van der Waals surface area contributed by atoms with Gasteiger partial charge in [0.05, 0.1) is 6.04 Å². The van der Waals surface area contributed by atoms with Crippen LogP contribution in [0.4, 0.5) is 19.7 Å². The highest BCUT2D eigenvalue weighted by Crippen LogP contribution is 2.25. The molecule has 1 aromatic carbocycles. The molecule has 1 aromatic rings. The standard InChI is InChI=1S/C24H33FN4O7/c1-7-16-12-14(2)18(27-22(33)29(16)36-19(25)21(31)32)20(30)28(6)17-10-8-15(9-11-17)13-26-23(34)35-24(3,4)5/h8-11,16,19H,7,12-13H2,1-6H3,(H,26,34)(H,27,33)(H,31,32)/t16-,19-/m0/s1. The first-order valence-electron chi connectivity index (χ1n) is 11.4. The van der Waals surface area contributed by atoms with Crippen molar-refractivity contribution >= 4 is 29.7 Å². The second-order valence-corrected chi connectivity index (χ2v) is 9.32. The largest absolute Gasteiger partial charge is 0.477 e. The van der Waals surface area contributed by atoms with Gasteiger partial charge in [0.2, 0.25) is 0 Å². The van der Waals surface area contributed by atoms with Crippen LogP contribution in [0.25, 0.3) is 0 Å². The average molecular weight is 509 g/mol. The minimum atomic E-state index is -2.73. The van der Waals surface area contributed by atoms with Crippen LogP contribution in [0, 0.1) is 0 Å². The van der Waals surface area contributed by atoms with Crippen molar-refractivity contribution in [2.45, 2.75) is 72.0 Å². The number of benzene rings is 1. The first kappa shape index (κ1) is 28.6. The minimum absolute atomic E-state index is 0.00606. The molecule has 1 aliphatic heterocycles. The Morgan fingerprint density at radius 1 is 1.28 bits per heavy atom. The van der Waals surface area contributed by atoms with Gasteiger partial charge in [-0.3, -0.25) is 4.79 Å². The first-order valence-corrected chi connectivity index (χ1v) is 11.4. The molecule has 0 aliphatic carbocycles. The number of hydrogen-bond donors (Lipinski definition) is 3. The van der Waals surface area contributed by atoms with Crippen LogP contribution in [0.2, 0.25) is 0 Å². The Hall–Kier alpha value is -3.67. The van der Waals surface area contributed by atoms with E-state index in [0.717, 1.165) is 5.56 Å². The van der Waals surface area contributed by atoms with Crippen LogP contribution >= 0.6 is 0 Å². The Labute approximate surface area is 209 Å². The van der Waals surface area contributed by atoms with Crippen LogP contribution in [-0.2, 0) is 25.7 Å². The summed E-state index contributed by atoms with van der Waals surface area (Å²) in [5, 5.41) is 14.5. The van der Waals surface area contributed by atoms with Crippen LogP contribution < -0.4 is 15.5 Å². The summed E-state index contributed by atoms with van der Waals surface area (Å²) in [4.78, 5) is 54.6. The Morgan fingerprint density at radius 3 is 2.42 bits per heavy atom. The number of hydroxylamine groups is 2. The number of alkyl carbamates (subject to hydrolysis) is 1. The number of nitrogens with one attached hydrogen (secondary N) is 2. The summed E-state index contributed by atoms with van der Waals surface area (Å²) in [5.74, 6) is -2.39. The molecule has 0 radical (unpaired) electrons. The van der Waals surface area contributed by atoms with Crippen molar-refractivity contribution in [3.8, 4) is 0 Å². The van der Waals surface area contributed by atoms with Crippen LogP contribution in [-0.4, -0.2) is 59.2 Å². The zero-order chi connectivity index (χ0) is 27.2. The maximum absolute atomic E-state index is 13.7. The average Bonchev–Trinajstić information content (AvgIpc) is 2.92. The number of ether oxygens (including phenoxy) is 1. The summed E-state index contributed by atoms with van der Waals surface area (Å²) in [6.45, 7) is 8.92. The summed E-state index contributed by atoms with van der Waals surface area (Å²) >= 11 is 0. The van der Waals surface area contributed by atoms with Gasteiger partial charge in [-0.1, -0.05) is 19.1 Å². The van der Waals surface area contributed by atoms with Gasteiger partial charge in [-0.15, -0.1) is 0 Å². The summed E-state index contributed by atoms with van der Waals surface area (Å²) < 4.78 is 18.9. The quantitative estimate of drug-likeness (QED) is 0.489. The number of halogens is 1. The number of aliphatic carboxylic acids is 1. The third-order valence-electron chi connectivity index (χ3n) is 5.28. The molecule has 0 unspecified atom stereocenters. The summed E-state index contributed by atoms with van der Waals surface area (Å²) in [6.07, 6.45) is -2.76. The molecule has 0 fully saturated rings. The summed E-state index contributed by atoms with van der Waals surface area (Å²) in [6, 6.07) is 5.23. The first-order chi connectivity index (χ1) is 16.7. The van der Waals surface area contributed by atoms with E-state index in [9.17, 15) is 23.6 Å². The second kappa shape index (κ2) is 11.8. The Bertz CT molecular complexity index is 1020. The molecule has 1 aliphatic rings. The van der Waals surface area contributed by atoms with E-state index >= 15 is 0 Å². The molecule has 3 N–H and O–H groups in total. The number of rotatable bonds is 8. The zero-order valence-corrected chi connectivity index (χ0v) is 21.3. The molecule has 0 saturated heterocycles. The molecule has 2 atom stereocenters. The number of anilines is 1. The predicted octanol–water partition coefficient (Wildman–Crippen LogP) is 3.45. The van der Waals surface area contributed by atoms with Crippen molar-refractivity contribution in [2.75, 3.05) is 11.9 Å². The molecule has 0 bridgehead atoms. The van der Waals surface area contributed by atoms with Crippen LogP contribution in [0.3, 0.4) is 0 Å². The van der Waals surface area contributed by atoms with Gasteiger partial charge in [0.1, 0.15) is 11.3 Å². The normalized spacial score (nSPS) is 17.1. The lowest BCUT2D eigenvalue weighted by Gasteiger charge is -2.28. The monoisotopic (exact) mass is 508 g/mol. The smallest absolute Gasteiger partial charge is 0.407 e. The van der Waals surface area contributed by atoms with E-state index in [2.05, 4.69) is 10.6 Å². The maximum atomic E-state index is 13.7. The number of carbonyl (C=O) groups is 4. The van der Waals surface area contributed by atoms with Crippen molar-refractivity contribution in [1.29, 1.82) is 0 Å². The van der Waals surface area contributed by atoms with Gasteiger partial charge in [0.15, 0.2) is 0 Å². The van der Waals surface area contributed by atoms with E-state index in [1.54, 1.807) is 58.9 Å². The predicted molar refractivity (Wildman–Crippen MR) is 128 cm³/mol. The fourth-order valence-corrected chi connectivity index (χ4v) is 3.41. The summed E-state index contributed by atoms with van der Waals surface area (Å²) in [7, 11) is 1.53. The fraction of sp³-hybridized carbons (Fsp3) is 0.500. The molecule has 12 heteroatoms. The molecule has 0 spiro atoms. The number of hydrogen-bond acceptors (Lipinski definition) is 6. The lowest BCUT2D eigenvalue weighted by Crippen LogP contribution is -2.47. The second-order valence-electron chi connectivity index (χ2n) is 9.32. The Morgan fingerprint density at radius 2 is 1.89 bits per heavy atom. The lowest BCUT2D eigenvalue weighted by molar-refractivity contribution is -0.230. The van der Waals surface area contributed by atoms with Gasteiger partial charge in [-0.2, -0.15) is 5.06 Å². The van der Waals surface area contributed by atoms with E-state index in [0.29, 0.717) is 22.7 Å². The highest BCUT2D eigenvalue weighted by molar-refractivity contribution is 6.07. The van der Waals surface area contributed by atoms with Crippen molar-refractivity contribution in [3.63, 3.8) is 0 Å². The number of carboxylic acids is 1. The van der Waals surface area contributed by atoms with Crippen molar-refractivity contribution in [2.24, 2.45) is 0 Å². The molecule has 1 heterocycles. The van der Waals surface area contributed by atoms with Gasteiger partial charge >= 0.3 is 24.5 Å². The van der Waals surface area contributed by atoms with Crippen molar-refractivity contribution < 1.29 is 38.2 Å². The summed E-state index contributed by atoms with van der Waals surface area (Å²) in [5.41, 5.74) is 1.22. The molecule has 0 aromatic heterocycles. The van der Waals surface area contributed by atoms with Gasteiger partial charge < -0.3 is 25.4 Å². The molecule has 11 nitrogen and oxygen atoms in total. The SMILES string of the molecule is CC[C@H]1CC(C)=C(C(=O)N(C)c2ccc(CNC(=O)OC(C)(C)C)cc2)NC(=O)N1O[C@H](F)C(=O)O. The fourth-order valence-electron chi connectivity index (χ4n) is 3.41.